The lowest BCUT2D eigenvalue weighted by molar-refractivity contribution is -0.977. The molecule has 0 aromatic carbocycles. The summed E-state index contributed by atoms with van der Waals surface area (Å²) in [6, 6.07) is 2.74. The van der Waals surface area contributed by atoms with Crippen LogP contribution in [0.3, 0.4) is 0 Å². The predicted octanol–water partition coefficient (Wildman–Crippen LogP) is 4.51. The van der Waals surface area contributed by atoms with Crippen LogP contribution in [-0.4, -0.2) is 29.7 Å². The molecule has 2 aliphatic carbocycles. The van der Waals surface area contributed by atoms with Crippen LogP contribution < -0.4 is 0 Å². The van der Waals surface area contributed by atoms with Crippen molar-refractivity contribution in [3.63, 3.8) is 0 Å². The average molecular weight is 238 g/mol. The van der Waals surface area contributed by atoms with E-state index in [9.17, 15) is 0 Å². The summed E-state index contributed by atoms with van der Waals surface area (Å²) in [5.74, 6) is 0. The lowest BCUT2D eigenvalue weighted by atomic mass is 9.85. The smallest absolute Gasteiger partial charge is 0.0892 e. The molecule has 0 amide bonds. The van der Waals surface area contributed by atoms with E-state index >= 15 is 0 Å². The number of nitrogens with zero attached hydrogens (tertiary/aromatic N) is 1. The van der Waals surface area contributed by atoms with Crippen molar-refractivity contribution < 1.29 is 4.48 Å². The molecule has 0 radical (unpaired) electrons. The van der Waals surface area contributed by atoms with Crippen LogP contribution in [0.4, 0.5) is 0 Å². The standard InChI is InChI=1S/C16H32N/c1-14(2)17(3,15-10-6-4-7-11-15)16-12-8-5-9-13-16/h14-16H,4-13H2,1-3H3/q+1. The van der Waals surface area contributed by atoms with Gasteiger partial charge in [-0.2, -0.15) is 0 Å². The van der Waals surface area contributed by atoms with Gasteiger partial charge in [0.05, 0.1) is 25.2 Å². The highest BCUT2D eigenvalue weighted by Gasteiger charge is 2.42. The first-order chi connectivity index (χ1) is 8.15. The monoisotopic (exact) mass is 238 g/mol. The van der Waals surface area contributed by atoms with E-state index in [1.807, 2.05) is 0 Å². The molecule has 100 valence electrons. The van der Waals surface area contributed by atoms with Gasteiger partial charge in [-0.1, -0.05) is 12.8 Å². The average Bonchev–Trinajstić information content (AvgIpc) is 2.39. The fourth-order valence-corrected chi connectivity index (χ4v) is 4.42. The van der Waals surface area contributed by atoms with Crippen LogP contribution in [0.25, 0.3) is 0 Å². The number of quaternary nitrogens is 1. The Labute approximate surface area is 108 Å². The van der Waals surface area contributed by atoms with Gasteiger partial charge in [-0.3, -0.25) is 0 Å². The van der Waals surface area contributed by atoms with Crippen LogP contribution in [0.2, 0.25) is 0 Å². The molecule has 0 atom stereocenters. The fraction of sp³-hybridized carbons (Fsp3) is 1.00. The van der Waals surface area contributed by atoms with Gasteiger partial charge in [0.25, 0.3) is 0 Å². The summed E-state index contributed by atoms with van der Waals surface area (Å²) in [4.78, 5) is 0. The van der Waals surface area contributed by atoms with E-state index < -0.39 is 0 Å². The van der Waals surface area contributed by atoms with Crippen molar-refractivity contribution in [3.05, 3.63) is 0 Å². The second-order valence-electron chi connectivity index (χ2n) is 6.90. The van der Waals surface area contributed by atoms with E-state index in [1.165, 1.54) is 68.7 Å². The quantitative estimate of drug-likeness (QED) is 0.635. The van der Waals surface area contributed by atoms with Crippen molar-refractivity contribution in [2.45, 2.75) is 96.2 Å². The van der Waals surface area contributed by atoms with Gasteiger partial charge in [0, 0.05) is 0 Å². The Morgan fingerprint density at radius 2 is 1.06 bits per heavy atom. The van der Waals surface area contributed by atoms with E-state index in [-0.39, 0.29) is 0 Å². The van der Waals surface area contributed by atoms with Crippen molar-refractivity contribution in [3.8, 4) is 0 Å². The third kappa shape index (κ3) is 2.70. The lowest BCUT2D eigenvalue weighted by Gasteiger charge is -2.52. The van der Waals surface area contributed by atoms with Crippen LogP contribution >= 0.6 is 0 Å². The second kappa shape index (κ2) is 5.73. The van der Waals surface area contributed by atoms with Crippen molar-refractivity contribution in [2.24, 2.45) is 0 Å². The van der Waals surface area contributed by atoms with Crippen molar-refractivity contribution in [1.82, 2.24) is 0 Å². The maximum absolute atomic E-state index is 2.58. The van der Waals surface area contributed by atoms with Gasteiger partial charge in [-0.05, 0) is 65.2 Å². The topological polar surface area (TPSA) is 0 Å². The summed E-state index contributed by atoms with van der Waals surface area (Å²) < 4.78 is 1.39. The molecule has 0 bridgehead atoms. The molecular weight excluding hydrogens is 206 g/mol. The molecule has 0 saturated heterocycles. The van der Waals surface area contributed by atoms with Crippen LogP contribution in [0, 0.1) is 0 Å². The molecule has 1 heteroatoms. The van der Waals surface area contributed by atoms with Crippen LogP contribution in [0.15, 0.2) is 0 Å². The number of hydrogen-bond donors (Lipinski definition) is 0. The Hall–Kier alpha value is -0.0400. The minimum atomic E-state index is 0.807. The van der Waals surface area contributed by atoms with E-state index in [4.69, 9.17) is 0 Å². The van der Waals surface area contributed by atoms with E-state index in [2.05, 4.69) is 20.9 Å². The van der Waals surface area contributed by atoms with E-state index in [1.54, 1.807) is 0 Å². The maximum Gasteiger partial charge on any atom is 0.0892 e. The third-order valence-corrected chi connectivity index (χ3v) is 5.84. The van der Waals surface area contributed by atoms with Gasteiger partial charge in [-0.15, -0.1) is 0 Å². The lowest BCUT2D eigenvalue weighted by Crippen LogP contribution is -2.63. The SMILES string of the molecule is CC(C)[N+](C)(C1CCCCC1)C1CCCCC1. The molecular formula is C16H32N+. The second-order valence-corrected chi connectivity index (χ2v) is 6.90. The third-order valence-electron chi connectivity index (χ3n) is 5.84. The van der Waals surface area contributed by atoms with Gasteiger partial charge in [0.1, 0.15) is 0 Å². The Morgan fingerprint density at radius 1 is 0.706 bits per heavy atom. The summed E-state index contributed by atoms with van der Waals surface area (Å²) >= 11 is 0. The van der Waals surface area contributed by atoms with Gasteiger partial charge in [0.2, 0.25) is 0 Å². The minimum Gasteiger partial charge on any atom is -0.319 e. The van der Waals surface area contributed by atoms with Gasteiger partial charge < -0.3 is 4.48 Å². The Kier molecular flexibility index (Phi) is 4.52. The van der Waals surface area contributed by atoms with Crippen LogP contribution in [0.1, 0.15) is 78.1 Å². The molecule has 0 spiro atoms. The molecule has 0 heterocycles. The van der Waals surface area contributed by atoms with Gasteiger partial charge in [0.15, 0.2) is 0 Å². The molecule has 0 unspecified atom stereocenters. The highest BCUT2D eigenvalue weighted by molar-refractivity contribution is 4.75. The van der Waals surface area contributed by atoms with E-state index in [0.29, 0.717) is 0 Å². The summed E-state index contributed by atoms with van der Waals surface area (Å²) in [5, 5.41) is 0. The molecule has 0 aliphatic heterocycles. The minimum absolute atomic E-state index is 0.807. The molecule has 0 N–H and O–H groups in total. The molecule has 2 rings (SSSR count). The van der Waals surface area contributed by atoms with Crippen LogP contribution in [-0.2, 0) is 0 Å². The molecule has 0 aromatic heterocycles. The summed E-state index contributed by atoms with van der Waals surface area (Å²) in [6.07, 6.45) is 14.9. The molecule has 2 aliphatic rings. The summed E-state index contributed by atoms with van der Waals surface area (Å²) in [6.45, 7) is 4.92. The molecule has 0 aromatic rings. The zero-order valence-electron chi connectivity index (χ0n) is 12.3. The largest absolute Gasteiger partial charge is 0.319 e. The predicted molar refractivity (Wildman–Crippen MR) is 75.1 cm³/mol. The number of rotatable bonds is 3. The van der Waals surface area contributed by atoms with E-state index in [0.717, 1.165) is 18.1 Å². The van der Waals surface area contributed by atoms with Crippen molar-refractivity contribution >= 4 is 0 Å². The Balaban J connectivity index is 2.11. The zero-order valence-corrected chi connectivity index (χ0v) is 12.3. The Bertz CT molecular complexity index is 204. The summed E-state index contributed by atoms with van der Waals surface area (Å²) in [5.41, 5.74) is 0. The molecule has 1 nitrogen and oxygen atoms in total. The van der Waals surface area contributed by atoms with Crippen LogP contribution in [0.5, 0.6) is 0 Å². The molecule has 2 saturated carbocycles. The zero-order chi connectivity index (χ0) is 12.3. The van der Waals surface area contributed by atoms with Gasteiger partial charge >= 0.3 is 0 Å². The Morgan fingerprint density at radius 3 is 1.35 bits per heavy atom. The van der Waals surface area contributed by atoms with Gasteiger partial charge in [-0.25, -0.2) is 0 Å². The number of hydrogen-bond acceptors (Lipinski definition) is 0. The molecule has 2 fully saturated rings. The highest BCUT2D eigenvalue weighted by Crippen LogP contribution is 2.37. The maximum atomic E-state index is 2.58. The first-order valence-corrected chi connectivity index (χ1v) is 8.01. The van der Waals surface area contributed by atoms with Crippen molar-refractivity contribution in [2.75, 3.05) is 7.05 Å². The fourth-order valence-electron chi connectivity index (χ4n) is 4.42. The van der Waals surface area contributed by atoms with Crippen molar-refractivity contribution in [1.29, 1.82) is 0 Å². The normalized spacial score (nSPS) is 25.4. The summed E-state index contributed by atoms with van der Waals surface area (Å²) in [7, 11) is 2.58. The first-order valence-electron chi connectivity index (χ1n) is 8.01. The highest BCUT2D eigenvalue weighted by atomic mass is 15.4. The molecule has 17 heavy (non-hydrogen) atoms. The first kappa shape index (κ1) is 13.4.